The number of hydrogen-bond donors (Lipinski definition) is 2. The highest BCUT2D eigenvalue weighted by Gasteiger charge is 2.08. The molecule has 0 aromatic heterocycles. The molecule has 4 nitrogen and oxygen atoms in total. The van der Waals surface area contributed by atoms with Crippen molar-refractivity contribution in [1.29, 1.82) is 0 Å². The van der Waals surface area contributed by atoms with E-state index in [1.54, 1.807) is 0 Å². The smallest absolute Gasteiger partial charge is 0.221 e. The summed E-state index contributed by atoms with van der Waals surface area (Å²) in [6.45, 7) is 4.01. The van der Waals surface area contributed by atoms with E-state index in [0.29, 0.717) is 18.0 Å². The van der Waals surface area contributed by atoms with Gasteiger partial charge in [-0.25, -0.2) is 0 Å². The molecule has 0 aliphatic heterocycles. The number of nitrogens with one attached hydrogen (secondary N) is 1. The summed E-state index contributed by atoms with van der Waals surface area (Å²) in [5.74, 6) is 0.571. The molecule has 1 aromatic rings. The minimum atomic E-state index is -0.109. The standard InChI is InChI=1S/C12H18N2O2/c1-9(7-8-13)16-12-6-4-3-5-11(12)14-10(2)15/h3-6,9H,7-8,13H2,1-2H3,(H,14,15). The molecule has 0 spiro atoms. The molecule has 1 atom stereocenters. The van der Waals surface area contributed by atoms with E-state index in [4.69, 9.17) is 10.5 Å². The van der Waals surface area contributed by atoms with Crippen molar-refractivity contribution >= 4 is 11.6 Å². The van der Waals surface area contributed by atoms with Crippen molar-refractivity contribution in [1.82, 2.24) is 0 Å². The first-order chi connectivity index (χ1) is 7.63. The van der Waals surface area contributed by atoms with Gasteiger partial charge in [-0.1, -0.05) is 12.1 Å². The summed E-state index contributed by atoms with van der Waals surface area (Å²) in [6, 6.07) is 7.37. The maximum Gasteiger partial charge on any atom is 0.221 e. The minimum absolute atomic E-state index is 0.0416. The van der Waals surface area contributed by atoms with Crippen molar-refractivity contribution in [3.05, 3.63) is 24.3 Å². The second kappa shape index (κ2) is 6.12. The minimum Gasteiger partial charge on any atom is -0.488 e. The Labute approximate surface area is 95.8 Å². The lowest BCUT2D eigenvalue weighted by Crippen LogP contribution is -2.18. The first kappa shape index (κ1) is 12.5. The van der Waals surface area contributed by atoms with E-state index >= 15 is 0 Å². The van der Waals surface area contributed by atoms with Gasteiger partial charge in [0.15, 0.2) is 0 Å². The molecule has 0 radical (unpaired) electrons. The molecule has 0 bridgehead atoms. The lowest BCUT2D eigenvalue weighted by atomic mass is 10.2. The highest BCUT2D eigenvalue weighted by Crippen LogP contribution is 2.25. The molecular weight excluding hydrogens is 204 g/mol. The summed E-state index contributed by atoms with van der Waals surface area (Å²) in [7, 11) is 0. The van der Waals surface area contributed by atoms with Crippen LogP contribution in [0.25, 0.3) is 0 Å². The van der Waals surface area contributed by atoms with Crippen LogP contribution in [0.1, 0.15) is 20.3 Å². The summed E-state index contributed by atoms with van der Waals surface area (Å²) in [4.78, 5) is 11.0. The van der Waals surface area contributed by atoms with Gasteiger partial charge < -0.3 is 15.8 Å². The molecule has 0 saturated heterocycles. The van der Waals surface area contributed by atoms with Gasteiger partial charge in [-0.2, -0.15) is 0 Å². The molecule has 0 aliphatic carbocycles. The number of amides is 1. The number of nitrogens with two attached hydrogens (primary N) is 1. The van der Waals surface area contributed by atoms with Gasteiger partial charge in [0, 0.05) is 6.92 Å². The molecule has 1 aromatic carbocycles. The summed E-state index contributed by atoms with van der Waals surface area (Å²) in [5, 5.41) is 2.73. The molecule has 0 heterocycles. The molecule has 0 fully saturated rings. The molecule has 4 heteroatoms. The van der Waals surface area contributed by atoms with Gasteiger partial charge in [0.1, 0.15) is 5.75 Å². The van der Waals surface area contributed by atoms with Gasteiger partial charge in [-0.05, 0) is 32.0 Å². The number of hydrogen-bond acceptors (Lipinski definition) is 3. The lowest BCUT2D eigenvalue weighted by Gasteiger charge is -2.16. The van der Waals surface area contributed by atoms with Crippen LogP contribution >= 0.6 is 0 Å². The summed E-state index contributed by atoms with van der Waals surface area (Å²) in [5.41, 5.74) is 6.15. The number of ether oxygens (including phenoxy) is 1. The Morgan fingerprint density at radius 3 is 2.81 bits per heavy atom. The fraction of sp³-hybridized carbons (Fsp3) is 0.417. The fourth-order valence-corrected chi connectivity index (χ4v) is 1.37. The van der Waals surface area contributed by atoms with E-state index in [2.05, 4.69) is 5.32 Å². The number of anilines is 1. The van der Waals surface area contributed by atoms with E-state index in [0.717, 1.165) is 6.42 Å². The first-order valence-corrected chi connectivity index (χ1v) is 5.37. The molecule has 0 saturated carbocycles. The largest absolute Gasteiger partial charge is 0.488 e. The molecule has 0 aliphatic rings. The van der Waals surface area contributed by atoms with Crippen molar-refractivity contribution < 1.29 is 9.53 Å². The van der Waals surface area contributed by atoms with Crippen LogP contribution in [0.5, 0.6) is 5.75 Å². The predicted octanol–water partition coefficient (Wildman–Crippen LogP) is 1.76. The summed E-state index contributed by atoms with van der Waals surface area (Å²) < 4.78 is 5.69. The zero-order chi connectivity index (χ0) is 12.0. The third-order valence-electron chi connectivity index (χ3n) is 2.10. The maximum absolute atomic E-state index is 11.0. The molecule has 88 valence electrons. The Balaban J connectivity index is 2.74. The monoisotopic (exact) mass is 222 g/mol. The van der Waals surface area contributed by atoms with Crippen molar-refractivity contribution in [2.45, 2.75) is 26.4 Å². The number of carbonyl (C=O) groups excluding carboxylic acids is 1. The third-order valence-corrected chi connectivity index (χ3v) is 2.10. The number of rotatable bonds is 5. The van der Waals surface area contributed by atoms with Crippen LogP contribution in [-0.2, 0) is 4.79 Å². The molecule has 1 rings (SSSR count). The van der Waals surface area contributed by atoms with Crippen molar-refractivity contribution in [3.8, 4) is 5.75 Å². The zero-order valence-electron chi connectivity index (χ0n) is 9.69. The van der Waals surface area contributed by atoms with Gasteiger partial charge in [0.25, 0.3) is 0 Å². The van der Waals surface area contributed by atoms with Crippen LogP contribution in [0.3, 0.4) is 0 Å². The normalized spacial score (nSPS) is 11.9. The van der Waals surface area contributed by atoms with Crippen LogP contribution in [-0.4, -0.2) is 18.6 Å². The molecule has 1 unspecified atom stereocenters. The second-order valence-corrected chi connectivity index (χ2v) is 3.68. The number of benzene rings is 1. The Bertz CT molecular complexity index is 353. The molecule has 3 N–H and O–H groups in total. The highest BCUT2D eigenvalue weighted by molar-refractivity contribution is 5.90. The average molecular weight is 222 g/mol. The second-order valence-electron chi connectivity index (χ2n) is 3.68. The lowest BCUT2D eigenvalue weighted by molar-refractivity contribution is -0.114. The van der Waals surface area contributed by atoms with Crippen LogP contribution in [0.15, 0.2) is 24.3 Å². The third kappa shape index (κ3) is 3.90. The van der Waals surface area contributed by atoms with Crippen LogP contribution in [0.4, 0.5) is 5.69 Å². The average Bonchev–Trinajstić information content (AvgIpc) is 2.20. The van der Waals surface area contributed by atoms with Crippen LogP contribution in [0.2, 0.25) is 0 Å². The Morgan fingerprint density at radius 1 is 1.50 bits per heavy atom. The summed E-state index contributed by atoms with van der Waals surface area (Å²) >= 11 is 0. The SMILES string of the molecule is CC(=O)Nc1ccccc1OC(C)CCN. The van der Waals surface area contributed by atoms with E-state index in [1.807, 2.05) is 31.2 Å². The van der Waals surface area contributed by atoms with Gasteiger partial charge in [-0.3, -0.25) is 4.79 Å². The van der Waals surface area contributed by atoms with Crippen molar-refractivity contribution in [2.24, 2.45) is 5.73 Å². The molecule has 1 amide bonds. The number of para-hydroxylation sites is 2. The number of carbonyl (C=O) groups is 1. The van der Waals surface area contributed by atoms with E-state index < -0.39 is 0 Å². The topological polar surface area (TPSA) is 64.3 Å². The van der Waals surface area contributed by atoms with Gasteiger partial charge in [-0.15, -0.1) is 0 Å². The zero-order valence-corrected chi connectivity index (χ0v) is 9.69. The first-order valence-electron chi connectivity index (χ1n) is 5.37. The predicted molar refractivity (Wildman–Crippen MR) is 64.5 cm³/mol. The fourth-order valence-electron chi connectivity index (χ4n) is 1.37. The van der Waals surface area contributed by atoms with Crippen molar-refractivity contribution in [2.75, 3.05) is 11.9 Å². The van der Waals surface area contributed by atoms with E-state index in [1.165, 1.54) is 6.92 Å². The highest BCUT2D eigenvalue weighted by atomic mass is 16.5. The van der Waals surface area contributed by atoms with Gasteiger partial charge in [0.2, 0.25) is 5.91 Å². The van der Waals surface area contributed by atoms with E-state index in [9.17, 15) is 4.79 Å². The summed E-state index contributed by atoms with van der Waals surface area (Å²) in [6.07, 6.45) is 0.828. The maximum atomic E-state index is 11.0. The molecular formula is C12H18N2O2. The Kier molecular flexibility index (Phi) is 4.79. The Morgan fingerprint density at radius 2 is 2.19 bits per heavy atom. The Hall–Kier alpha value is -1.55. The van der Waals surface area contributed by atoms with E-state index in [-0.39, 0.29) is 12.0 Å². The molecule has 16 heavy (non-hydrogen) atoms. The van der Waals surface area contributed by atoms with Crippen molar-refractivity contribution in [3.63, 3.8) is 0 Å². The van der Waals surface area contributed by atoms with Gasteiger partial charge in [0.05, 0.1) is 11.8 Å². The van der Waals surface area contributed by atoms with Crippen LogP contribution in [0, 0.1) is 0 Å². The van der Waals surface area contributed by atoms with Gasteiger partial charge >= 0.3 is 0 Å². The quantitative estimate of drug-likeness (QED) is 0.798. The van der Waals surface area contributed by atoms with Crippen LogP contribution < -0.4 is 15.8 Å².